The zero-order valence-electron chi connectivity index (χ0n) is 20.3. The molecule has 0 aromatic heterocycles. The van der Waals surface area contributed by atoms with Gasteiger partial charge in [-0.05, 0) is 25.7 Å². The first-order valence-electron chi connectivity index (χ1n) is 12.6. The Morgan fingerprint density at radius 2 is 1.10 bits per heavy atom. The first-order valence-corrected chi connectivity index (χ1v) is 14.2. The quantitative estimate of drug-likeness (QED) is 0.0952. The summed E-state index contributed by atoms with van der Waals surface area (Å²) in [5.74, 6) is -0.412. The van der Waals surface area contributed by atoms with Gasteiger partial charge in [0.2, 0.25) is 0 Å². The minimum Gasteiger partial charge on any atom is -0.465 e. The Morgan fingerprint density at radius 1 is 0.633 bits per heavy atom. The normalized spacial score (nSPS) is 12.8. The number of hydrogen-bond acceptors (Lipinski definition) is 5. The van der Waals surface area contributed by atoms with Gasteiger partial charge < -0.3 is 13.8 Å². The van der Waals surface area contributed by atoms with E-state index in [1.807, 2.05) is 0 Å². The van der Waals surface area contributed by atoms with Crippen molar-refractivity contribution >= 4 is 13.6 Å². The summed E-state index contributed by atoms with van der Waals surface area (Å²) in [6.07, 6.45) is 14.6. The third kappa shape index (κ3) is 14.6. The maximum atomic E-state index is 13.8. The molecule has 0 fully saturated rings. The fraction of sp³-hybridized carbons (Fsp3) is 0.958. The van der Waals surface area contributed by atoms with Gasteiger partial charge in [0.05, 0.1) is 19.8 Å². The van der Waals surface area contributed by atoms with E-state index in [9.17, 15) is 9.36 Å². The lowest BCUT2D eigenvalue weighted by Gasteiger charge is -2.26. The molecule has 0 N–H and O–H groups in total. The standard InChI is InChI=1S/C24H49O5P/c1-5-9-13-16-19-23(24(25)27-20-12-8-4)30(26,28-21-17-14-10-6-2)29-22-18-15-11-7-3/h23H,5-22H2,1-4H3/t23-/m0/s1. The van der Waals surface area contributed by atoms with Crippen molar-refractivity contribution in [2.45, 2.75) is 130 Å². The molecular formula is C24H49O5P. The van der Waals surface area contributed by atoms with E-state index >= 15 is 0 Å². The van der Waals surface area contributed by atoms with Crippen LogP contribution in [-0.2, 0) is 23.1 Å². The van der Waals surface area contributed by atoms with Crippen molar-refractivity contribution in [1.82, 2.24) is 0 Å². The molecule has 0 aromatic rings. The zero-order valence-corrected chi connectivity index (χ0v) is 21.2. The second kappa shape index (κ2) is 20.5. The van der Waals surface area contributed by atoms with E-state index in [-0.39, 0.29) is 0 Å². The maximum Gasteiger partial charge on any atom is 0.344 e. The molecule has 0 saturated heterocycles. The van der Waals surface area contributed by atoms with Gasteiger partial charge in [-0.3, -0.25) is 9.36 Å². The van der Waals surface area contributed by atoms with Crippen molar-refractivity contribution in [3.63, 3.8) is 0 Å². The number of carbonyl (C=O) groups is 1. The number of hydrogen-bond donors (Lipinski definition) is 0. The molecule has 0 aliphatic rings. The van der Waals surface area contributed by atoms with Gasteiger partial charge >= 0.3 is 13.6 Å². The molecule has 0 unspecified atom stereocenters. The summed E-state index contributed by atoms with van der Waals surface area (Å²) in [6.45, 7) is 9.64. The van der Waals surface area contributed by atoms with Crippen molar-refractivity contribution in [3.8, 4) is 0 Å². The maximum absolute atomic E-state index is 13.8. The van der Waals surface area contributed by atoms with Crippen LogP contribution >= 0.6 is 7.60 Å². The lowest BCUT2D eigenvalue weighted by molar-refractivity contribution is -0.143. The van der Waals surface area contributed by atoms with Crippen LogP contribution in [0.4, 0.5) is 0 Å². The molecule has 0 rings (SSSR count). The van der Waals surface area contributed by atoms with Gasteiger partial charge in [0.15, 0.2) is 5.66 Å². The molecule has 0 aliphatic carbocycles. The fourth-order valence-electron chi connectivity index (χ4n) is 3.24. The number of rotatable bonds is 22. The topological polar surface area (TPSA) is 61.8 Å². The van der Waals surface area contributed by atoms with Gasteiger partial charge in [-0.15, -0.1) is 0 Å². The molecule has 0 spiro atoms. The van der Waals surface area contributed by atoms with Crippen LogP contribution in [0.3, 0.4) is 0 Å². The van der Waals surface area contributed by atoms with Crippen LogP contribution in [0.5, 0.6) is 0 Å². The molecule has 0 aliphatic heterocycles. The minimum atomic E-state index is -3.55. The van der Waals surface area contributed by atoms with Crippen LogP contribution in [0.25, 0.3) is 0 Å². The van der Waals surface area contributed by atoms with Crippen LogP contribution < -0.4 is 0 Å². The van der Waals surface area contributed by atoms with Crippen molar-refractivity contribution < 1.29 is 23.1 Å². The van der Waals surface area contributed by atoms with Crippen LogP contribution in [0.1, 0.15) is 124 Å². The van der Waals surface area contributed by atoms with E-state index in [2.05, 4.69) is 27.7 Å². The van der Waals surface area contributed by atoms with Gasteiger partial charge in [-0.1, -0.05) is 98.3 Å². The van der Waals surface area contributed by atoms with Crippen molar-refractivity contribution in [1.29, 1.82) is 0 Å². The van der Waals surface area contributed by atoms with E-state index in [1.54, 1.807) is 0 Å². The zero-order chi connectivity index (χ0) is 22.5. The highest BCUT2D eigenvalue weighted by molar-refractivity contribution is 7.55. The molecule has 1 atom stereocenters. The van der Waals surface area contributed by atoms with E-state index in [0.717, 1.165) is 89.9 Å². The van der Waals surface area contributed by atoms with Crippen LogP contribution in [0.15, 0.2) is 0 Å². The lowest BCUT2D eigenvalue weighted by atomic mass is 10.1. The Kier molecular flexibility index (Phi) is 20.3. The first kappa shape index (κ1) is 29.6. The number of ether oxygens (including phenoxy) is 1. The smallest absolute Gasteiger partial charge is 0.344 e. The molecule has 0 amide bonds. The molecule has 0 bridgehead atoms. The van der Waals surface area contributed by atoms with E-state index in [4.69, 9.17) is 13.8 Å². The summed E-state index contributed by atoms with van der Waals surface area (Å²) >= 11 is 0. The Balaban J connectivity index is 5.12. The van der Waals surface area contributed by atoms with Gasteiger partial charge in [0.25, 0.3) is 0 Å². The van der Waals surface area contributed by atoms with Crippen molar-refractivity contribution in [3.05, 3.63) is 0 Å². The summed E-state index contributed by atoms with van der Waals surface area (Å²) in [5, 5.41) is 0. The number of esters is 1. The third-order valence-electron chi connectivity index (χ3n) is 5.27. The summed E-state index contributed by atoms with van der Waals surface area (Å²) in [7, 11) is -3.55. The van der Waals surface area contributed by atoms with Crippen LogP contribution in [-0.4, -0.2) is 31.4 Å². The molecule has 0 radical (unpaired) electrons. The summed E-state index contributed by atoms with van der Waals surface area (Å²) < 4.78 is 31.0. The molecule has 180 valence electrons. The summed E-state index contributed by atoms with van der Waals surface area (Å²) in [5.41, 5.74) is -0.802. The highest BCUT2D eigenvalue weighted by atomic mass is 31.2. The van der Waals surface area contributed by atoms with E-state index in [0.29, 0.717) is 26.2 Å². The molecule has 6 heteroatoms. The predicted molar refractivity (Wildman–Crippen MR) is 126 cm³/mol. The minimum absolute atomic E-state index is 0.369. The molecule has 30 heavy (non-hydrogen) atoms. The average Bonchev–Trinajstić information content (AvgIpc) is 2.73. The first-order chi connectivity index (χ1) is 14.6. The Labute approximate surface area is 186 Å². The monoisotopic (exact) mass is 448 g/mol. The van der Waals surface area contributed by atoms with Gasteiger partial charge in [0.1, 0.15) is 0 Å². The number of carbonyl (C=O) groups excluding carboxylic acids is 1. The largest absolute Gasteiger partial charge is 0.465 e. The second-order valence-corrected chi connectivity index (χ2v) is 10.4. The van der Waals surface area contributed by atoms with Gasteiger partial charge in [-0.2, -0.15) is 0 Å². The highest BCUT2D eigenvalue weighted by Gasteiger charge is 2.42. The van der Waals surface area contributed by atoms with Gasteiger partial charge in [-0.25, -0.2) is 0 Å². The molecule has 0 saturated carbocycles. The van der Waals surface area contributed by atoms with Gasteiger partial charge in [0, 0.05) is 0 Å². The SMILES string of the molecule is CCCCCCOP(=O)(OCCCCCC)[C@@H](CCCCCC)C(=O)OCCCC. The van der Waals surface area contributed by atoms with Crippen molar-refractivity contribution in [2.24, 2.45) is 0 Å². The molecule has 5 nitrogen and oxygen atoms in total. The molecule has 0 heterocycles. The van der Waals surface area contributed by atoms with Crippen LogP contribution in [0.2, 0.25) is 0 Å². The van der Waals surface area contributed by atoms with Crippen LogP contribution in [0, 0.1) is 0 Å². The van der Waals surface area contributed by atoms with E-state index < -0.39 is 19.2 Å². The predicted octanol–water partition coefficient (Wildman–Crippen LogP) is 8.06. The summed E-state index contributed by atoms with van der Waals surface area (Å²) in [4.78, 5) is 12.8. The third-order valence-corrected chi connectivity index (χ3v) is 7.58. The average molecular weight is 449 g/mol. The Hall–Kier alpha value is -0.380. The Morgan fingerprint density at radius 3 is 1.57 bits per heavy atom. The second-order valence-electron chi connectivity index (χ2n) is 8.21. The van der Waals surface area contributed by atoms with Crippen molar-refractivity contribution in [2.75, 3.05) is 19.8 Å². The molecular weight excluding hydrogens is 399 g/mol. The highest BCUT2D eigenvalue weighted by Crippen LogP contribution is 2.55. The number of unbranched alkanes of at least 4 members (excludes halogenated alkanes) is 10. The fourth-order valence-corrected chi connectivity index (χ4v) is 5.27. The van der Waals surface area contributed by atoms with E-state index in [1.165, 1.54) is 0 Å². The summed E-state index contributed by atoms with van der Waals surface area (Å²) in [6, 6.07) is 0. The Bertz CT molecular complexity index is 423. The lowest BCUT2D eigenvalue weighted by Crippen LogP contribution is -2.27. The molecule has 0 aromatic carbocycles.